The molecule has 1 spiro atoms. The van der Waals surface area contributed by atoms with Gasteiger partial charge in [-0.1, -0.05) is 36.8 Å². The average Bonchev–Trinajstić information content (AvgIpc) is 4.20. The summed E-state index contributed by atoms with van der Waals surface area (Å²) in [5.74, 6) is 0.358. The molecule has 5 aliphatic heterocycles. The van der Waals surface area contributed by atoms with Crippen molar-refractivity contribution in [2.45, 2.75) is 146 Å². The molecule has 5 amide bonds. The number of nitrogens with one attached hydrogen (secondary N) is 2. The first kappa shape index (κ1) is 51.0. The van der Waals surface area contributed by atoms with E-state index in [1.54, 1.807) is 30.7 Å². The first-order valence-corrected chi connectivity index (χ1v) is 28.6. The number of rotatable bonds is 11. The summed E-state index contributed by atoms with van der Waals surface area (Å²) in [5, 5.41) is 5.72. The maximum atomic E-state index is 15.3. The van der Waals surface area contributed by atoms with Gasteiger partial charge in [0, 0.05) is 93.1 Å². The van der Waals surface area contributed by atoms with Crippen molar-refractivity contribution >= 4 is 63.6 Å². The largest absolute Gasteiger partial charge is 0.357 e. The van der Waals surface area contributed by atoms with Gasteiger partial charge in [-0.05, 0) is 152 Å². The van der Waals surface area contributed by atoms with Gasteiger partial charge in [-0.25, -0.2) is 19.3 Å². The Morgan fingerprint density at radius 1 is 0.792 bits per heavy atom. The quantitative estimate of drug-likeness (QED) is 0.122. The highest BCUT2D eigenvalue weighted by Crippen LogP contribution is 2.52. The number of piperidine rings is 4. The van der Waals surface area contributed by atoms with Gasteiger partial charge in [0.05, 0.1) is 34.6 Å². The van der Waals surface area contributed by atoms with Crippen LogP contribution in [-0.4, -0.2) is 128 Å². The fourth-order valence-corrected chi connectivity index (χ4v) is 14.0. The van der Waals surface area contributed by atoms with Crippen molar-refractivity contribution in [1.29, 1.82) is 0 Å². The summed E-state index contributed by atoms with van der Waals surface area (Å²) in [4.78, 5) is 93.2. The lowest BCUT2D eigenvalue weighted by Gasteiger charge is -2.48. The summed E-state index contributed by atoms with van der Waals surface area (Å²) < 4.78 is 17.2. The number of halogens is 1. The van der Waals surface area contributed by atoms with Gasteiger partial charge >= 0.3 is 0 Å². The third kappa shape index (κ3) is 9.53. The predicted octanol–water partition coefficient (Wildman–Crippen LogP) is 8.63. The zero-order chi connectivity index (χ0) is 53.1. The van der Waals surface area contributed by atoms with Crippen LogP contribution in [0.5, 0.6) is 0 Å². The van der Waals surface area contributed by atoms with E-state index < -0.39 is 5.41 Å². The second-order valence-corrected chi connectivity index (χ2v) is 23.4. The van der Waals surface area contributed by atoms with Crippen LogP contribution in [0.25, 0.3) is 22.3 Å². The third-order valence-corrected chi connectivity index (χ3v) is 18.7. The van der Waals surface area contributed by atoms with Crippen LogP contribution in [0, 0.1) is 17.7 Å². The molecule has 5 aromatic rings. The van der Waals surface area contributed by atoms with Gasteiger partial charge in [-0.15, -0.1) is 0 Å². The first-order valence-electron chi connectivity index (χ1n) is 28.6. The molecule has 2 N–H and O–H groups in total. The van der Waals surface area contributed by atoms with Gasteiger partial charge in [0.15, 0.2) is 5.82 Å². The molecule has 2 saturated carbocycles. The number of aromatic nitrogens is 4. The number of likely N-dealkylation sites (tertiary alicyclic amines) is 3. The van der Waals surface area contributed by atoms with Crippen molar-refractivity contribution in [1.82, 2.24) is 39.5 Å². The number of pyridine rings is 2. The summed E-state index contributed by atoms with van der Waals surface area (Å²) in [7, 11) is 2.04. The van der Waals surface area contributed by atoms with Crippen molar-refractivity contribution in [3.63, 3.8) is 0 Å². The van der Waals surface area contributed by atoms with Gasteiger partial charge in [0.25, 0.3) is 0 Å². The highest BCUT2D eigenvalue weighted by atomic mass is 19.1. The van der Waals surface area contributed by atoms with E-state index in [-0.39, 0.29) is 71.2 Å². The fraction of sp³-hybridized carbons (Fsp3) is 0.533. The second-order valence-electron chi connectivity index (χ2n) is 23.4. The zero-order valence-electron chi connectivity index (χ0n) is 44.8. The molecule has 77 heavy (non-hydrogen) atoms. The molecule has 6 fully saturated rings. The number of nitrogens with zero attached hydrogens (tertiary/aromatic N) is 9. The molecule has 4 saturated heterocycles. The topological polar surface area (TPSA) is 169 Å². The molecule has 404 valence electrons. The molecular weight excluding hydrogens is 974 g/mol. The Hall–Kier alpha value is -6.75. The Balaban J connectivity index is 0.701. The fourth-order valence-electron chi connectivity index (χ4n) is 14.0. The predicted molar refractivity (Wildman–Crippen MR) is 293 cm³/mol. The molecule has 1 atom stereocenters. The van der Waals surface area contributed by atoms with Gasteiger partial charge in [0.1, 0.15) is 17.2 Å². The van der Waals surface area contributed by atoms with Crippen LogP contribution < -0.4 is 20.4 Å². The molecule has 16 nitrogen and oxygen atoms in total. The van der Waals surface area contributed by atoms with Crippen LogP contribution in [0.3, 0.4) is 0 Å². The number of carbonyl (C=O) groups excluding carboxylic acids is 5. The summed E-state index contributed by atoms with van der Waals surface area (Å²) in [6.45, 7) is 8.54. The van der Waals surface area contributed by atoms with E-state index in [1.807, 2.05) is 39.6 Å². The molecule has 0 unspecified atom stereocenters. The first-order chi connectivity index (χ1) is 37.3. The molecule has 12 rings (SSSR count). The van der Waals surface area contributed by atoms with E-state index in [2.05, 4.69) is 62.4 Å². The van der Waals surface area contributed by atoms with Crippen LogP contribution >= 0.6 is 0 Å². The van der Waals surface area contributed by atoms with Crippen molar-refractivity contribution in [2.75, 3.05) is 61.4 Å². The number of anilines is 4. The smallest absolute Gasteiger partial charge is 0.238 e. The van der Waals surface area contributed by atoms with Crippen molar-refractivity contribution in [3.8, 4) is 11.3 Å². The SMILES string of the molecule is CC(C)n1cnc2cc(-c3ccc4c(c3)N(C3CC(N5CCCCC5)C3)C(=O)C43CCN(C(=O)C4CCN(C(=O)C5CCC(N(C)c6ccc([C@H]7CCC(=O)NC7=O)cn6)CC5)CC4)CC3)nc(Nc3ccccc3F)c21. The number of fused-ring (bicyclic) bond motifs is 3. The van der Waals surface area contributed by atoms with Gasteiger partial charge in [0.2, 0.25) is 29.5 Å². The minimum absolute atomic E-state index is 0.0410. The number of para-hydroxylation sites is 1. The Bertz CT molecular complexity index is 3070. The van der Waals surface area contributed by atoms with Crippen LogP contribution in [-0.2, 0) is 29.4 Å². The summed E-state index contributed by atoms with van der Waals surface area (Å²) >= 11 is 0. The highest BCUT2D eigenvalue weighted by Gasteiger charge is 2.56. The van der Waals surface area contributed by atoms with Crippen LogP contribution in [0.15, 0.2) is 73.2 Å². The Kier molecular flexibility index (Phi) is 13.8. The lowest BCUT2D eigenvalue weighted by Crippen LogP contribution is -2.58. The molecule has 0 bridgehead atoms. The number of imide groups is 1. The number of imidazole rings is 1. The average molecular weight is 1050 g/mol. The lowest BCUT2D eigenvalue weighted by atomic mass is 9.73. The summed E-state index contributed by atoms with van der Waals surface area (Å²) in [6.07, 6.45) is 15.7. The maximum absolute atomic E-state index is 15.3. The second kappa shape index (κ2) is 20.9. The Morgan fingerprint density at radius 2 is 1.51 bits per heavy atom. The zero-order valence-corrected chi connectivity index (χ0v) is 44.8. The van der Waals surface area contributed by atoms with Gasteiger partial charge < -0.3 is 34.4 Å². The summed E-state index contributed by atoms with van der Waals surface area (Å²) in [6, 6.07) is 19.7. The number of benzene rings is 2. The van der Waals surface area contributed by atoms with Crippen molar-refractivity contribution in [2.24, 2.45) is 11.8 Å². The molecule has 2 aliphatic carbocycles. The summed E-state index contributed by atoms with van der Waals surface area (Å²) in [5.41, 5.74) is 5.40. The lowest BCUT2D eigenvalue weighted by molar-refractivity contribution is -0.144. The monoisotopic (exact) mass is 1050 g/mol. The van der Waals surface area contributed by atoms with Crippen LogP contribution in [0.1, 0.15) is 133 Å². The minimum Gasteiger partial charge on any atom is -0.357 e. The van der Waals surface area contributed by atoms with E-state index in [0.29, 0.717) is 87.9 Å². The highest BCUT2D eigenvalue weighted by molar-refractivity contribution is 6.09. The molecule has 7 aliphatic rings. The Labute approximate surface area is 450 Å². The third-order valence-electron chi connectivity index (χ3n) is 18.7. The molecule has 17 heteroatoms. The number of carbonyl (C=O) groups is 5. The van der Waals surface area contributed by atoms with E-state index >= 15 is 9.18 Å². The molecule has 2 aromatic carbocycles. The molecule has 0 radical (unpaired) electrons. The molecule has 3 aromatic heterocycles. The number of hydrogen-bond donors (Lipinski definition) is 2. The molecular formula is C60H72FN11O5. The number of hydrogen-bond acceptors (Lipinski definition) is 11. The van der Waals surface area contributed by atoms with Crippen molar-refractivity contribution in [3.05, 3.63) is 90.1 Å². The van der Waals surface area contributed by atoms with Crippen molar-refractivity contribution < 1.29 is 28.4 Å². The normalized spacial score (nSPS) is 25.0. The van der Waals surface area contributed by atoms with Crippen LogP contribution in [0.4, 0.5) is 27.4 Å². The maximum Gasteiger partial charge on any atom is 0.238 e. The number of amides is 5. The van der Waals surface area contributed by atoms with E-state index in [9.17, 15) is 19.2 Å². The van der Waals surface area contributed by atoms with E-state index in [4.69, 9.17) is 9.97 Å². The van der Waals surface area contributed by atoms with E-state index in [1.165, 1.54) is 25.3 Å². The van der Waals surface area contributed by atoms with E-state index in [0.717, 1.165) is 90.8 Å². The van der Waals surface area contributed by atoms with Gasteiger partial charge in [-0.2, -0.15) is 0 Å². The standard InChI is InChI=1S/C60H72FN11O5/c1-37(2)71-36-63-50-34-49(65-55(54(50)71)64-48-10-6-5-9-47(48)61)40-13-18-46-51(31-40)72(44-32-43(33-44)68-25-7-4-8-26-68)59(77)60(46)23-29-70(30-24-60)58(76)39-21-27-69(28-22-39)57(75)38-11-15-42(16-12-38)67(3)52-19-14-41(35-62-52)45-17-20-53(73)66-56(45)74/h5-6,9-10,13-14,18-19,31,34-39,42-45H,4,7-8,11-12,15-17,20-30,32-33H2,1-3H3,(H,64,65)(H,66,73,74)/t38?,42?,43?,44?,45-/m1/s1. The van der Waals surface area contributed by atoms with Crippen LogP contribution in [0.2, 0.25) is 0 Å². The minimum atomic E-state index is -0.742. The molecule has 8 heterocycles. The van der Waals surface area contributed by atoms with Gasteiger partial charge in [-0.3, -0.25) is 29.3 Å². The Morgan fingerprint density at radius 3 is 2.19 bits per heavy atom.